The van der Waals surface area contributed by atoms with E-state index in [1.165, 1.54) is 24.8 Å². The summed E-state index contributed by atoms with van der Waals surface area (Å²) in [5.41, 5.74) is 1.36. The summed E-state index contributed by atoms with van der Waals surface area (Å²) in [6, 6.07) is 10.5. The molecule has 2 heteroatoms. The van der Waals surface area contributed by atoms with Gasteiger partial charge in [-0.3, -0.25) is 0 Å². The van der Waals surface area contributed by atoms with Gasteiger partial charge in [-0.25, -0.2) is 3.93 Å². The third kappa shape index (κ3) is 4.77. The molecule has 78 valence electrons. The predicted octanol–water partition coefficient (Wildman–Crippen LogP) is 3.99. The van der Waals surface area contributed by atoms with Crippen molar-refractivity contribution in [3.63, 3.8) is 0 Å². The van der Waals surface area contributed by atoms with Gasteiger partial charge in [0.25, 0.3) is 0 Å². The fourth-order valence-electron chi connectivity index (χ4n) is 1.39. The van der Waals surface area contributed by atoms with E-state index in [0.717, 1.165) is 13.1 Å². The molecule has 0 radical (unpaired) electrons. The summed E-state index contributed by atoms with van der Waals surface area (Å²) in [5, 5.41) is 0. The van der Waals surface area contributed by atoms with Gasteiger partial charge < -0.3 is 0 Å². The highest BCUT2D eigenvalue weighted by atomic mass is 79.9. The molecule has 0 saturated carbocycles. The van der Waals surface area contributed by atoms with E-state index in [2.05, 4.69) is 57.3 Å². The summed E-state index contributed by atoms with van der Waals surface area (Å²) < 4.78 is 2.21. The summed E-state index contributed by atoms with van der Waals surface area (Å²) in [5.74, 6) is 0. The minimum atomic E-state index is 0.991. The fraction of sp³-hybridized carbons (Fsp3) is 0.500. The van der Waals surface area contributed by atoms with E-state index in [1.807, 2.05) is 0 Å². The standard InChI is InChI=1S/C12H18BrN/c1-2-3-7-10-14(13)11-12-8-5-4-6-9-12/h4-6,8-9H,2-3,7,10-11H2,1H3. The fourth-order valence-corrected chi connectivity index (χ4v) is 1.93. The van der Waals surface area contributed by atoms with Crippen molar-refractivity contribution in [2.75, 3.05) is 6.54 Å². The maximum atomic E-state index is 3.58. The Hall–Kier alpha value is -0.340. The van der Waals surface area contributed by atoms with Crippen molar-refractivity contribution in [1.82, 2.24) is 3.93 Å². The maximum Gasteiger partial charge on any atom is 0.0343 e. The van der Waals surface area contributed by atoms with Crippen molar-refractivity contribution in [2.24, 2.45) is 0 Å². The number of unbranched alkanes of at least 4 members (excludes halogenated alkanes) is 2. The van der Waals surface area contributed by atoms with Gasteiger partial charge in [-0.15, -0.1) is 0 Å². The topological polar surface area (TPSA) is 3.24 Å². The summed E-state index contributed by atoms with van der Waals surface area (Å²) in [6.45, 7) is 4.35. The lowest BCUT2D eigenvalue weighted by Gasteiger charge is -2.13. The first-order valence-electron chi connectivity index (χ1n) is 5.27. The highest BCUT2D eigenvalue weighted by molar-refractivity contribution is 9.07. The molecule has 0 atom stereocenters. The lowest BCUT2D eigenvalue weighted by Crippen LogP contribution is -2.12. The van der Waals surface area contributed by atoms with Gasteiger partial charge in [0.15, 0.2) is 0 Å². The Balaban J connectivity index is 2.23. The van der Waals surface area contributed by atoms with Crippen molar-refractivity contribution in [1.29, 1.82) is 0 Å². The van der Waals surface area contributed by atoms with Gasteiger partial charge in [-0.05, 0) is 12.0 Å². The molecule has 1 rings (SSSR count). The molecule has 0 aliphatic rings. The smallest absolute Gasteiger partial charge is 0.0343 e. The van der Waals surface area contributed by atoms with Gasteiger partial charge in [0.1, 0.15) is 0 Å². The second kappa shape index (κ2) is 7.02. The molecule has 0 unspecified atom stereocenters. The Bertz CT molecular complexity index is 235. The monoisotopic (exact) mass is 255 g/mol. The molecule has 0 spiro atoms. The molecule has 0 aliphatic heterocycles. The van der Waals surface area contributed by atoms with Crippen molar-refractivity contribution < 1.29 is 0 Å². The Labute approximate surface area is 95.5 Å². The van der Waals surface area contributed by atoms with Crippen LogP contribution in [0, 0.1) is 0 Å². The number of rotatable bonds is 6. The van der Waals surface area contributed by atoms with Gasteiger partial charge in [0.2, 0.25) is 0 Å². The van der Waals surface area contributed by atoms with E-state index in [-0.39, 0.29) is 0 Å². The van der Waals surface area contributed by atoms with Crippen LogP contribution in [-0.4, -0.2) is 10.5 Å². The maximum absolute atomic E-state index is 3.58. The molecule has 0 saturated heterocycles. The number of benzene rings is 1. The molecule has 0 heterocycles. The molecule has 0 aliphatic carbocycles. The summed E-state index contributed by atoms with van der Waals surface area (Å²) in [6.07, 6.45) is 3.87. The van der Waals surface area contributed by atoms with Crippen molar-refractivity contribution in [3.05, 3.63) is 35.9 Å². The molecular weight excluding hydrogens is 238 g/mol. The zero-order valence-electron chi connectivity index (χ0n) is 8.75. The molecule has 0 amide bonds. The van der Waals surface area contributed by atoms with Crippen molar-refractivity contribution >= 4 is 16.1 Å². The van der Waals surface area contributed by atoms with Crippen molar-refractivity contribution in [3.8, 4) is 0 Å². The van der Waals surface area contributed by atoms with Crippen LogP contribution in [0.3, 0.4) is 0 Å². The molecule has 14 heavy (non-hydrogen) atoms. The third-order valence-corrected chi connectivity index (χ3v) is 2.81. The van der Waals surface area contributed by atoms with E-state index in [1.54, 1.807) is 0 Å². The molecule has 0 N–H and O–H groups in total. The first-order valence-corrected chi connectivity index (χ1v) is 5.98. The lowest BCUT2D eigenvalue weighted by molar-refractivity contribution is 0.461. The van der Waals surface area contributed by atoms with Gasteiger partial charge in [-0.2, -0.15) is 0 Å². The summed E-state index contributed by atoms with van der Waals surface area (Å²) in [7, 11) is 0. The second-order valence-electron chi connectivity index (χ2n) is 3.54. The Kier molecular flexibility index (Phi) is 5.88. The van der Waals surface area contributed by atoms with Crippen LogP contribution in [0.15, 0.2) is 30.3 Å². The van der Waals surface area contributed by atoms with Crippen LogP contribution < -0.4 is 0 Å². The number of halogens is 1. The molecule has 1 aromatic rings. The molecule has 0 aromatic heterocycles. The SMILES string of the molecule is CCCCCN(Br)Cc1ccccc1. The predicted molar refractivity (Wildman–Crippen MR) is 65.3 cm³/mol. The molecule has 0 fully saturated rings. The molecule has 1 nitrogen and oxygen atoms in total. The summed E-state index contributed by atoms with van der Waals surface area (Å²) >= 11 is 3.58. The highest BCUT2D eigenvalue weighted by Gasteiger charge is 2.00. The largest absolute Gasteiger partial charge is 0.238 e. The minimum absolute atomic E-state index is 0.991. The Morgan fingerprint density at radius 1 is 1.14 bits per heavy atom. The van der Waals surface area contributed by atoms with Crippen LogP contribution in [0.2, 0.25) is 0 Å². The lowest BCUT2D eigenvalue weighted by atomic mass is 10.2. The highest BCUT2D eigenvalue weighted by Crippen LogP contribution is 2.09. The number of hydrogen-bond acceptors (Lipinski definition) is 1. The van der Waals surface area contributed by atoms with Gasteiger partial charge in [0.05, 0.1) is 0 Å². The quantitative estimate of drug-likeness (QED) is 0.549. The Morgan fingerprint density at radius 3 is 2.50 bits per heavy atom. The zero-order chi connectivity index (χ0) is 10.2. The van der Waals surface area contributed by atoms with Crippen molar-refractivity contribution in [2.45, 2.75) is 32.7 Å². The van der Waals surface area contributed by atoms with E-state index >= 15 is 0 Å². The number of nitrogens with zero attached hydrogens (tertiary/aromatic N) is 1. The van der Waals surface area contributed by atoms with Gasteiger partial charge in [0, 0.05) is 29.2 Å². The number of hydrogen-bond donors (Lipinski definition) is 0. The van der Waals surface area contributed by atoms with Gasteiger partial charge >= 0.3 is 0 Å². The van der Waals surface area contributed by atoms with Crippen LogP contribution >= 0.6 is 16.1 Å². The average molecular weight is 256 g/mol. The summed E-state index contributed by atoms with van der Waals surface area (Å²) in [4.78, 5) is 0. The van der Waals surface area contributed by atoms with E-state index < -0.39 is 0 Å². The third-order valence-electron chi connectivity index (χ3n) is 2.20. The van der Waals surface area contributed by atoms with E-state index in [9.17, 15) is 0 Å². The first-order chi connectivity index (χ1) is 6.83. The van der Waals surface area contributed by atoms with Crippen LogP contribution in [0.1, 0.15) is 31.7 Å². The second-order valence-corrected chi connectivity index (χ2v) is 4.54. The average Bonchev–Trinajstić information content (AvgIpc) is 2.20. The van der Waals surface area contributed by atoms with Crippen LogP contribution in [0.4, 0.5) is 0 Å². The van der Waals surface area contributed by atoms with E-state index in [0.29, 0.717) is 0 Å². The van der Waals surface area contributed by atoms with Gasteiger partial charge in [-0.1, -0.05) is 50.1 Å². The Morgan fingerprint density at radius 2 is 1.86 bits per heavy atom. The molecular formula is C12H18BrN. The molecule has 1 aromatic carbocycles. The van der Waals surface area contributed by atoms with Crippen LogP contribution in [-0.2, 0) is 6.54 Å². The van der Waals surface area contributed by atoms with E-state index in [4.69, 9.17) is 0 Å². The van der Waals surface area contributed by atoms with Crippen LogP contribution in [0.25, 0.3) is 0 Å². The first kappa shape index (κ1) is 11.7. The zero-order valence-corrected chi connectivity index (χ0v) is 10.3. The van der Waals surface area contributed by atoms with Crippen LogP contribution in [0.5, 0.6) is 0 Å². The normalized spacial score (nSPS) is 10.8. The molecule has 0 bridgehead atoms. The minimum Gasteiger partial charge on any atom is -0.238 e.